The molecule has 2 rings (SSSR count). The largest absolute Gasteiger partial charge is 0.332 e. The number of hydrogen-bond acceptors (Lipinski definition) is 4. The van der Waals surface area contributed by atoms with E-state index < -0.39 is 0 Å². The molecule has 0 aromatic carbocycles. The molecule has 0 amide bonds. The molecule has 0 bridgehead atoms. The predicted molar refractivity (Wildman–Crippen MR) is 64.1 cm³/mol. The van der Waals surface area contributed by atoms with Gasteiger partial charge in [0.15, 0.2) is 11.2 Å². The molecule has 2 aromatic rings. The Morgan fingerprint density at radius 2 is 2.06 bits per heavy atom. The summed E-state index contributed by atoms with van der Waals surface area (Å²) in [4.78, 5) is 28.2. The van der Waals surface area contributed by atoms with Gasteiger partial charge in [-0.3, -0.25) is 13.9 Å². The highest BCUT2D eigenvalue weighted by atomic mass is 16.2. The van der Waals surface area contributed by atoms with Crippen LogP contribution in [0.25, 0.3) is 11.2 Å². The van der Waals surface area contributed by atoms with Gasteiger partial charge in [-0.2, -0.15) is 0 Å². The first kappa shape index (κ1) is 11.6. The highest BCUT2D eigenvalue weighted by molar-refractivity contribution is 5.69. The van der Waals surface area contributed by atoms with Gasteiger partial charge < -0.3 is 9.88 Å². The number of likely N-dealkylation sites (N-methyl/N-ethyl adjacent to an activating group) is 1. The number of rotatable bonds is 3. The Kier molecular flexibility index (Phi) is 2.84. The van der Waals surface area contributed by atoms with Crippen molar-refractivity contribution in [3.05, 3.63) is 27.2 Å². The fraction of sp³-hybridized carbons (Fsp3) is 0.500. The van der Waals surface area contributed by atoms with E-state index in [1.165, 1.54) is 15.5 Å². The molecule has 17 heavy (non-hydrogen) atoms. The van der Waals surface area contributed by atoms with Crippen LogP contribution in [0.5, 0.6) is 0 Å². The van der Waals surface area contributed by atoms with Gasteiger partial charge in [-0.25, -0.2) is 9.78 Å². The Morgan fingerprint density at radius 3 is 2.71 bits per heavy atom. The first-order valence-electron chi connectivity index (χ1n) is 5.33. The minimum atomic E-state index is -0.337. The van der Waals surface area contributed by atoms with Gasteiger partial charge in [-0.15, -0.1) is 0 Å². The number of fused-ring (bicyclic) bond motifs is 1. The molecule has 0 radical (unpaired) electrons. The van der Waals surface area contributed by atoms with Crippen molar-refractivity contribution in [3.63, 3.8) is 0 Å². The third-order valence-corrected chi connectivity index (χ3v) is 2.79. The van der Waals surface area contributed by atoms with Crippen molar-refractivity contribution >= 4 is 11.2 Å². The first-order valence-corrected chi connectivity index (χ1v) is 5.33. The summed E-state index contributed by atoms with van der Waals surface area (Å²) in [7, 11) is 5.13. The Labute approximate surface area is 97.3 Å². The van der Waals surface area contributed by atoms with Crippen LogP contribution in [0.2, 0.25) is 0 Å². The quantitative estimate of drug-likeness (QED) is 0.716. The van der Waals surface area contributed by atoms with Crippen LogP contribution in [-0.2, 0) is 20.6 Å². The molecule has 0 saturated carbocycles. The summed E-state index contributed by atoms with van der Waals surface area (Å²) in [6.45, 7) is 0.918. The zero-order valence-electron chi connectivity index (χ0n) is 10.1. The highest BCUT2D eigenvalue weighted by Gasteiger charge is 2.13. The van der Waals surface area contributed by atoms with Gasteiger partial charge >= 0.3 is 5.69 Å². The summed E-state index contributed by atoms with van der Waals surface area (Å²) in [5, 5.41) is 2.92. The molecule has 7 heteroatoms. The Hall–Kier alpha value is -1.89. The Morgan fingerprint density at radius 1 is 1.35 bits per heavy atom. The highest BCUT2D eigenvalue weighted by Crippen LogP contribution is 2.02. The fourth-order valence-corrected chi connectivity index (χ4v) is 1.82. The van der Waals surface area contributed by atoms with Gasteiger partial charge in [0.2, 0.25) is 0 Å². The molecule has 0 saturated heterocycles. The monoisotopic (exact) mass is 237 g/mol. The lowest BCUT2D eigenvalue weighted by Crippen LogP contribution is -2.41. The summed E-state index contributed by atoms with van der Waals surface area (Å²) in [5.41, 5.74) is 0.237. The molecule has 0 atom stereocenters. The van der Waals surface area contributed by atoms with Gasteiger partial charge in [-0.05, 0) is 7.05 Å². The number of imidazole rings is 1. The summed E-state index contributed by atoms with van der Waals surface area (Å²) >= 11 is 0. The van der Waals surface area contributed by atoms with Crippen molar-refractivity contribution in [2.75, 3.05) is 13.6 Å². The minimum Gasteiger partial charge on any atom is -0.328 e. The normalized spacial score (nSPS) is 11.2. The number of aryl methyl sites for hydroxylation is 2. The van der Waals surface area contributed by atoms with Crippen molar-refractivity contribution in [2.24, 2.45) is 14.1 Å². The second kappa shape index (κ2) is 4.17. The molecular formula is C10H15N5O2. The van der Waals surface area contributed by atoms with Gasteiger partial charge in [0.1, 0.15) is 0 Å². The van der Waals surface area contributed by atoms with E-state index in [2.05, 4.69) is 10.3 Å². The third-order valence-electron chi connectivity index (χ3n) is 2.79. The molecule has 2 heterocycles. The van der Waals surface area contributed by atoms with Crippen molar-refractivity contribution in [3.8, 4) is 0 Å². The standard InChI is InChI=1S/C10H15N5O2/c1-11-4-5-15-9(16)7-8(12-6-13(7)2)14(3)10(15)17/h6,11H,4-5H2,1-3H3. The topological polar surface area (TPSA) is 73.8 Å². The van der Waals surface area contributed by atoms with Crippen LogP contribution >= 0.6 is 0 Å². The maximum absolute atomic E-state index is 12.2. The van der Waals surface area contributed by atoms with Crippen LogP contribution in [0.4, 0.5) is 0 Å². The SMILES string of the molecule is CNCCn1c(=O)c2c(ncn2C)n(C)c1=O. The van der Waals surface area contributed by atoms with Crippen LogP contribution in [0.1, 0.15) is 0 Å². The van der Waals surface area contributed by atoms with Crippen LogP contribution in [-0.4, -0.2) is 32.3 Å². The third kappa shape index (κ3) is 1.68. The number of nitrogens with one attached hydrogen (secondary N) is 1. The molecule has 0 fully saturated rings. The van der Waals surface area contributed by atoms with Crippen molar-refractivity contribution in [1.82, 2.24) is 24.0 Å². The van der Waals surface area contributed by atoms with Gasteiger partial charge in [-0.1, -0.05) is 0 Å². The van der Waals surface area contributed by atoms with E-state index in [0.717, 1.165) is 0 Å². The van der Waals surface area contributed by atoms with Gasteiger partial charge in [0.05, 0.1) is 6.33 Å². The molecule has 1 N–H and O–H groups in total. The second-order valence-electron chi connectivity index (χ2n) is 3.93. The van der Waals surface area contributed by atoms with Crippen LogP contribution in [0.15, 0.2) is 15.9 Å². The number of hydrogen-bond donors (Lipinski definition) is 1. The molecule has 0 aliphatic heterocycles. The van der Waals surface area contributed by atoms with E-state index in [9.17, 15) is 9.59 Å². The zero-order chi connectivity index (χ0) is 12.6. The first-order chi connectivity index (χ1) is 8.07. The molecule has 0 spiro atoms. The lowest BCUT2D eigenvalue weighted by atomic mass is 10.5. The molecule has 7 nitrogen and oxygen atoms in total. The molecular weight excluding hydrogens is 222 g/mol. The second-order valence-corrected chi connectivity index (χ2v) is 3.93. The smallest absolute Gasteiger partial charge is 0.328 e. The van der Waals surface area contributed by atoms with E-state index in [1.807, 2.05) is 0 Å². The summed E-state index contributed by atoms with van der Waals surface area (Å²) in [6, 6.07) is 0. The molecule has 0 aliphatic rings. The number of aromatic nitrogens is 4. The molecule has 2 aromatic heterocycles. The average molecular weight is 237 g/mol. The summed E-state index contributed by atoms with van der Waals surface area (Å²) < 4.78 is 4.25. The van der Waals surface area contributed by atoms with Crippen LogP contribution in [0, 0.1) is 0 Å². The lowest BCUT2D eigenvalue weighted by molar-refractivity contribution is 0.577. The minimum absolute atomic E-state index is 0.293. The van der Waals surface area contributed by atoms with Crippen molar-refractivity contribution in [2.45, 2.75) is 6.54 Å². The maximum atomic E-state index is 12.2. The Balaban J connectivity index is 2.80. The van der Waals surface area contributed by atoms with Gasteiger partial charge in [0.25, 0.3) is 5.56 Å². The van der Waals surface area contributed by atoms with Crippen LogP contribution < -0.4 is 16.6 Å². The van der Waals surface area contributed by atoms with Crippen LogP contribution in [0.3, 0.4) is 0 Å². The fourth-order valence-electron chi connectivity index (χ4n) is 1.82. The number of nitrogens with zero attached hydrogens (tertiary/aromatic N) is 4. The maximum Gasteiger partial charge on any atom is 0.332 e. The Bertz CT molecular complexity index is 664. The average Bonchev–Trinajstić information content (AvgIpc) is 2.69. The summed E-state index contributed by atoms with van der Waals surface area (Å²) in [6.07, 6.45) is 1.54. The van der Waals surface area contributed by atoms with E-state index in [-0.39, 0.29) is 11.2 Å². The zero-order valence-corrected chi connectivity index (χ0v) is 10.1. The van der Waals surface area contributed by atoms with Crippen molar-refractivity contribution < 1.29 is 0 Å². The van der Waals surface area contributed by atoms with Crippen molar-refractivity contribution in [1.29, 1.82) is 0 Å². The van der Waals surface area contributed by atoms with E-state index >= 15 is 0 Å². The van der Waals surface area contributed by atoms with E-state index in [4.69, 9.17) is 0 Å². The van der Waals surface area contributed by atoms with Gasteiger partial charge in [0, 0.05) is 27.2 Å². The molecule has 92 valence electrons. The summed E-state index contributed by atoms with van der Waals surface area (Å²) in [5.74, 6) is 0. The van der Waals surface area contributed by atoms with E-state index in [0.29, 0.717) is 24.3 Å². The predicted octanol–water partition coefficient (Wildman–Crippen LogP) is -1.35. The molecule has 0 unspecified atom stereocenters. The molecule has 0 aliphatic carbocycles. The van der Waals surface area contributed by atoms with E-state index in [1.54, 1.807) is 25.7 Å². The lowest BCUT2D eigenvalue weighted by Gasteiger charge is -2.07.